The first-order valence-corrected chi connectivity index (χ1v) is 6.96. The molecule has 1 aromatic heterocycles. The summed E-state index contributed by atoms with van der Waals surface area (Å²) in [4.78, 5) is 17.1. The third kappa shape index (κ3) is 2.02. The monoisotopic (exact) mass is 282 g/mol. The maximum Gasteiger partial charge on any atom is 0.266 e. The van der Waals surface area contributed by atoms with Crippen molar-refractivity contribution in [3.63, 3.8) is 0 Å². The van der Waals surface area contributed by atoms with Crippen molar-refractivity contribution in [2.75, 3.05) is 0 Å². The van der Waals surface area contributed by atoms with E-state index in [9.17, 15) is 4.79 Å². The van der Waals surface area contributed by atoms with Crippen molar-refractivity contribution >= 4 is 23.5 Å². The molecule has 0 saturated heterocycles. The van der Waals surface area contributed by atoms with Crippen LogP contribution in [0.25, 0.3) is 16.6 Å². The molecule has 0 saturated carbocycles. The summed E-state index contributed by atoms with van der Waals surface area (Å²) < 4.78 is 1.57. The number of thiol groups is 1. The molecule has 0 bridgehead atoms. The number of rotatable bonds is 2. The zero-order chi connectivity index (χ0) is 14.1. The van der Waals surface area contributed by atoms with Crippen LogP contribution >= 0.6 is 12.6 Å². The molecule has 0 aliphatic heterocycles. The Morgan fingerprint density at radius 3 is 2.60 bits per heavy atom. The van der Waals surface area contributed by atoms with Gasteiger partial charge in [0.25, 0.3) is 5.56 Å². The lowest BCUT2D eigenvalue weighted by molar-refractivity contribution is 0.813. The van der Waals surface area contributed by atoms with Crippen LogP contribution in [0.1, 0.15) is 12.5 Å². The maximum absolute atomic E-state index is 12.7. The van der Waals surface area contributed by atoms with Gasteiger partial charge in [0.2, 0.25) is 0 Å². The second-order valence-corrected chi connectivity index (χ2v) is 4.95. The van der Waals surface area contributed by atoms with E-state index in [-0.39, 0.29) is 5.56 Å². The van der Waals surface area contributed by atoms with Crippen LogP contribution in [0.5, 0.6) is 0 Å². The molecule has 0 fully saturated rings. The van der Waals surface area contributed by atoms with E-state index in [1.807, 2.05) is 42.5 Å². The van der Waals surface area contributed by atoms with Crippen molar-refractivity contribution in [3.8, 4) is 5.69 Å². The highest BCUT2D eigenvalue weighted by Gasteiger charge is 2.12. The van der Waals surface area contributed by atoms with Crippen molar-refractivity contribution in [2.24, 2.45) is 0 Å². The molecule has 0 spiro atoms. The Kier molecular flexibility index (Phi) is 3.32. The van der Waals surface area contributed by atoms with Gasteiger partial charge in [-0.1, -0.05) is 37.3 Å². The van der Waals surface area contributed by atoms with Crippen LogP contribution in [-0.2, 0) is 6.42 Å². The minimum atomic E-state index is -0.0819. The van der Waals surface area contributed by atoms with Crippen molar-refractivity contribution in [1.82, 2.24) is 9.55 Å². The van der Waals surface area contributed by atoms with E-state index in [4.69, 9.17) is 0 Å². The first-order chi connectivity index (χ1) is 9.72. The van der Waals surface area contributed by atoms with Crippen LogP contribution < -0.4 is 5.56 Å². The fraction of sp³-hybridized carbons (Fsp3) is 0.125. The van der Waals surface area contributed by atoms with E-state index < -0.39 is 0 Å². The summed E-state index contributed by atoms with van der Waals surface area (Å²) in [6.07, 6.45) is 0.850. The summed E-state index contributed by atoms with van der Waals surface area (Å²) in [6.45, 7) is 2.07. The first-order valence-electron chi connectivity index (χ1n) is 6.51. The van der Waals surface area contributed by atoms with E-state index in [0.717, 1.165) is 17.7 Å². The number of para-hydroxylation sites is 2. The van der Waals surface area contributed by atoms with Crippen molar-refractivity contribution in [3.05, 3.63) is 64.4 Å². The molecule has 0 atom stereocenters. The summed E-state index contributed by atoms with van der Waals surface area (Å²) in [5.74, 6) is 0. The van der Waals surface area contributed by atoms with Crippen LogP contribution in [0.3, 0.4) is 0 Å². The predicted molar refractivity (Wildman–Crippen MR) is 84.0 cm³/mol. The molecular formula is C16H14N2OS. The van der Waals surface area contributed by atoms with Gasteiger partial charge in [0.05, 0.1) is 16.6 Å². The fourth-order valence-corrected chi connectivity index (χ4v) is 2.67. The third-order valence-corrected chi connectivity index (χ3v) is 3.67. The fourth-order valence-electron chi connectivity index (χ4n) is 2.37. The number of hydrogen-bond donors (Lipinski definition) is 1. The molecule has 3 rings (SSSR count). The number of aryl methyl sites for hydroxylation is 1. The van der Waals surface area contributed by atoms with Gasteiger partial charge in [-0.05, 0) is 30.2 Å². The van der Waals surface area contributed by atoms with E-state index in [0.29, 0.717) is 16.1 Å². The van der Waals surface area contributed by atoms with Crippen LogP contribution in [0.4, 0.5) is 0 Å². The molecule has 0 N–H and O–H groups in total. The highest BCUT2D eigenvalue weighted by molar-refractivity contribution is 7.80. The quantitative estimate of drug-likeness (QED) is 0.578. The summed E-state index contributed by atoms with van der Waals surface area (Å²) in [5.41, 5.74) is 2.54. The highest BCUT2D eigenvalue weighted by atomic mass is 32.1. The van der Waals surface area contributed by atoms with Crippen LogP contribution in [0, 0.1) is 0 Å². The van der Waals surface area contributed by atoms with Gasteiger partial charge in [0, 0.05) is 0 Å². The van der Waals surface area contributed by atoms with Crippen molar-refractivity contribution < 1.29 is 0 Å². The molecule has 1 heterocycles. The largest absolute Gasteiger partial charge is 0.268 e. The summed E-state index contributed by atoms with van der Waals surface area (Å²) in [5, 5.41) is 1.02. The molecule has 3 nitrogen and oxygen atoms in total. The number of aromatic nitrogens is 2. The second kappa shape index (κ2) is 5.13. The Bertz CT molecular complexity index is 839. The van der Waals surface area contributed by atoms with Gasteiger partial charge in [0.15, 0.2) is 5.16 Å². The third-order valence-electron chi connectivity index (χ3n) is 3.37. The number of fused-ring (bicyclic) bond motifs is 1. The van der Waals surface area contributed by atoms with Gasteiger partial charge in [-0.25, -0.2) is 4.98 Å². The van der Waals surface area contributed by atoms with Crippen LogP contribution in [-0.4, -0.2) is 9.55 Å². The van der Waals surface area contributed by atoms with Crippen LogP contribution in [0.15, 0.2) is 58.5 Å². The Morgan fingerprint density at radius 1 is 1.10 bits per heavy atom. The molecule has 0 amide bonds. The Hall–Kier alpha value is -2.07. The van der Waals surface area contributed by atoms with Gasteiger partial charge < -0.3 is 0 Å². The summed E-state index contributed by atoms with van der Waals surface area (Å²) in [6, 6.07) is 15.2. The minimum Gasteiger partial charge on any atom is -0.268 e. The minimum absolute atomic E-state index is 0.0819. The lowest BCUT2D eigenvalue weighted by atomic mass is 10.1. The maximum atomic E-state index is 12.7. The Balaban J connectivity index is 2.40. The molecule has 0 unspecified atom stereocenters. The van der Waals surface area contributed by atoms with Crippen LogP contribution in [0.2, 0.25) is 0 Å². The molecule has 3 aromatic rings. The first kappa shape index (κ1) is 12.9. The second-order valence-electron chi connectivity index (χ2n) is 4.55. The van der Waals surface area contributed by atoms with Crippen molar-refractivity contribution in [2.45, 2.75) is 18.5 Å². The Labute approximate surface area is 122 Å². The van der Waals surface area contributed by atoms with E-state index >= 15 is 0 Å². The molecule has 2 aromatic carbocycles. The average Bonchev–Trinajstić information content (AvgIpc) is 2.48. The number of hydrogen-bond acceptors (Lipinski definition) is 3. The summed E-state index contributed by atoms with van der Waals surface area (Å²) >= 11 is 4.39. The lowest BCUT2D eigenvalue weighted by Gasteiger charge is -2.13. The topological polar surface area (TPSA) is 34.9 Å². The van der Waals surface area contributed by atoms with Gasteiger partial charge in [0.1, 0.15) is 0 Å². The zero-order valence-electron chi connectivity index (χ0n) is 11.1. The molecule has 0 aliphatic rings. The predicted octanol–water partition coefficient (Wildman–Crippen LogP) is 3.24. The van der Waals surface area contributed by atoms with E-state index in [1.165, 1.54) is 0 Å². The average molecular weight is 282 g/mol. The van der Waals surface area contributed by atoms with Gasteiger partial charge in [-0.3, -0.25) is 9.36 Å². The normalized spacial score (nSPS) is 10.9. The smallest absolute Gasteiger partial charge is 0.266 e. The zero-order valence-corrected chi connectivity index (χ0v) is 12.0. The standard InChI is InChI=1S/C16H14N2OS/c1-2-11-7-3-6-10-14(11)18-15(19)12-8-4-5-9-13(12)17-16(18)20/h3-10H,2H2,1H3,(H,17,20). The van der Waals surface area contributed by atoms with Gasteiger partial charge in [-0.2, -0.15) is 0 Å². The molecule has 20 heavy (non-hydrogen) atoms. The molecule has 4 heteroatoms. The van der Waals surface area contributed by atoms with E-state index in [2.05, 4.69) is 24.5 Å². The highest BCUT2D eigenvalue weighted by Crippen LogP contribution is 2.18. The number of benzene rings is 2. The van der Waals surface area contributed by atoms with Gasteiger partial charge in [-0.15, -0.1) is 12.6 Å². The van der Waals surface area contributed by atoms with E-state index in [1.54, 1.807) is 10.6 Å². The molecule has 0 aliphatic carbocycles. The molecule has 100 valence electrons. The SMILES string of the molecule is CCc1ccccc1-n1c(S)nc2ccccc2c1=O. The number of nitrogens with zero attached hydrogens (tertiary/aromatic N) is 2. The summed E-state index contributed by atoms with van der Waals surface area (Å²) in [7, 11) is 0. The Morgan fingerprint density at radius 2 is 1.80 bits per heavy atom. The van der Waals surface area contributed by atoms with Crippen molar-refractivity contribution in [1.29, 1.82) is 0 Å². The lowest BCUT2D eigenvalue weighted by Crippen LogP contribution is -2.22. The van der Waals surface area contributed by atoms with Gasteiger partial charge >= 0.3 is 0 Å². The molecular weight excluding hydrogens is 268 g/mol. The molecule has 0 radical (unpaired) electrons.